The largest absolute Gasteiger partial charge is 0.356 e. The number of halogens is 1. The van der Waals surface area contributed by atoms with E-state index in [1.54, 1.807) is 24.3 Å². The standard InChI is InChI=1S/C14H17BrN2O3S/c15-11-3-1-2-4-12(11)21(19,20)17-7-5-14(6-8-17)9-13(18)16-10-14/h1-4H,5-10H2,(H,16,18). The maximum atomic E-state index is 12.7. The molecule has 5 nitrogen and oxygen atoms in total. The van der Waals surface area contributed by atoms with Crippen LogP contribution < -0.4 is 5.32 Å². The summed E-state index contributed by atoms with van der Waals surface area (Å²) in [5.74, 6) is 0.0807. The van der Waals surface area contributed by atoms with Crippen molar-refractivity contribution in [1.82, 2.24) is 9.62 Å². The van der Waals surface area contributed by atoms with Gasteiger partial charge in [-0.3, -0.25) is 4.79 Å². The molecule has 21 heavy (non-hydrogen) atoms. The maximum Gasteiger partial charge on any atom is 0.244 e. The van der Waals surface area contributed by atoms with Gasteiger partial charge in [-0.1, -0.05) is 12.1 Å². The molecule has 2 aliphatic heterocycles. The smallest absolute Gasteiger partial charge is 0.244 e. The maximum absolute atomic E-state index is 12.7. The van der Waals surface area contributed by atoms with E-state index in [0.29, 0.717) is 35.4 Å². The summed E-state index contributed by atoms with van der Waals surface area (Å²) in [6.07, 6.45) is 1.99. The number of carbonyl (C=O) groups is 1. The monoisotopic (exact) mass is 372 g/mol. The Kier molecular flexibility index (Phi) is 3.83. The number of piperidine rings is 1. The lowest BCUT2D eigenvalue weighted by Crippen LogP contribution is -2.44. The summed E-state index contributed by atoms with van der Waals surface area (Å²) < 4.78 is 27.5. The number of benzene rings is 1. The summed E-state index contributed by atoms with van der Waals surface area (Å²) >= 11 is 3.31. The summed E-state index contributed by atoms with van der Waals surface area (Å²) in [5.41, 5.74) is -0.0446. The van der Waals surface area contributed by atoms with E-state index in [2.05, 4.69) is 21.2 Å². The van der Waals surface area contributed by atoms with Crippen LogP contribution in [0, 0.1) is 5.41 Å². The second-order valence-corrected chi connectivity index (χ2v) is 8.55. The van der Waals surface area contributed by atoms with Gasteiger partial charge in [0.1, 0.15) is 0 Å². The second-order valence-electron chi connectivity index (χ2n) is 5.79. The van der Waals surface area contributed by atoms with E-state index in [4.69, 9.17) is 0 Å². The van der Waals surface area contributed by atoms with Crippen LogP contribution in [-0.4, -0.2) is 38.3 Å². The van der Waals surface area contributed by atoms with Crippen molar-refractivity contribution in [3.63, 3.8) is 0 Å². The number of amides is 1. The zero-order chi connectivity index (χ0) is 15.1. The third kappa shape index (κ3) is 2.74. The molecule has 3 rings (SSSR count). The molecule has 7 heteroatoms. The molecule has 2 aliphatic rings. The Balaban J connectivity index is 1.78. The van der Waals surface area contributed by atoms with Crippen molar-refractivity contribution in [3.8, 4) is 0 Å². The van der Waals surface area contributed by atoms with E-state index in [1.165, 1.54) is 4.31 Å². The van der Waals surface area contributed by atoms with Gasteiger partial charge in [0, 0.05) is 30.5 Å². The molecule has 114 valence electrons. The minimum atomic E-state index is -3.47. The summed E-state index contributed by atoms with van der Waals surface area (Å²) in [4.78, 5) is 11.7. The van der Waals surface area contributed by atoms with Crippen molar-refractivity contribution in [2.75, 3.05) is 19.6 Å². The molecule has 0 atom stereocenters. The summed E-state index contributed by atoms with van der Waals surface area (Å²) in [5, 5.41) is 2.86. The highest BCUT2D eigenvalue weighted by Gasteiger charge is 2.43. The Morgan fingerprint density at radius 3 is 2.43 bits per heavy atom. The lowest BCUT2D eigenvalue weighted by atomic mass is 9.78. The summed E-state index contributed by atoms with van der Waals surface area (Å²) in [6.45, 7) is 1.62. The first-order valence-corrected chi connectivity index (χ1v) is 9.18. The highest BCUT2D eigenvalue weighted by atomic mass is 79.9. The molecule has 1 amide bonds. The van der Waals surface area contributed by atoms with Gasteiger partial charge in [0.05, 0.1) is 4.90 Å². The highest BCUT2D eigenvalue weighted by Crippen LogP contribution is 2.39. The van der Waals surface area contributed by atoms with Crippen LogP contribution in [0.4, 0.5) is 0 Å². The molecule has 0 unspecified atom stereocenters. The van der Waals surface area contributed by atoms with E-state index in [1.807, 2.05) is 0 Å². The van der Waals surface area contributed by atoms with Gasteiger partial charge in [0.25, 0.3) is 0 Å². The Morgan fingerprint density at radius 1 is 1.19 bits per heavy atom. The average molecular weight is 373 g/mol. The van der Waals surface area contributed by atoms with Crippen molar-refractivity contribution in [1.29, 1.82) is 0 Å². The third-order valence-electron chi connectivity index (χ3n) is 4.43. The molecule has 1 aromatic carbocycles. The normalized spacial score (nSPS) is 22.4. The predicted molar refractivity (Wildman–Crippen MR) is 82.2 cm³/mol. The fourth-order valence-electron chi connectivity index (χ4n) is 3.10. The van der Waals surface area contributed by atoms with Crippen LogP contribution in [-0.2, 0) is 14.8 Å². The van der Waals surface area contributed by atoms with Crippen LogP contribution >= 0.6 is 15.9 Å². The number of rotatable bonds is 2. The zero-order valence-corrected chi connectivity index (χ0v) is 13.9. The first-order chi connectivity index (χ1) is 9.93. The van der Waals surface area contributed by atoms with Crippen LogP contribution in [0.1, 0.15) is 19.3 Å². The molecular weight excluding hydrogens is 356 g/mol. The lowest BCUT2D eigenvalue weighted by Gasteiger charge is -2.37. The van der Waals surface area contributed by atoms with E-state index in [9.17, 15) is 13.2 Å². The molecule has 0 aromatic heterocycles. The van der Waals surface area contributed by atoms with Gasteiger partial charge in [-0.15, -0.1) is 0 Å². The molecule has 0 aliphatic carbocycles. The number of nitrogens with zero attached hydrogens (tertiary/aromatic N) is 1. The lowest BCUT2D eigenvalue weighted by molar-refractivity contribution is -0.119. The average Bonchev–Trinajstić information content (AvgIpc) is 2.80. The molecule has 0 saturated carbocycles. The first kappa shape index (κ1) is 15.0. The Morgan fingerprint density at radius 2 is 1.86 bits per heavy atom. The molecule has 1 aromatic rings. The van der Waals surface area contributed by atoms with Gasteiger partial charge in [-0.25, -0.2) is 8.42 Å². The minimum absolute atomic E-state index is 0.0446. The van der Waals surface area contributed by atoms with Gasteiger partial charge in [0.15, 0.2) is 0 Å². The van der Waals surface area contributed by atoms with Gasteiger partial charge in [0.2, 0.25) is 15.9 Å². The third-order valence-corrected chi connectivity index (χ3v) is 7.34. The molecule has 2 fully saturated rings. The fourth-order valence-corrected chi connectivity index (χ4v) is 5.50. The quantitative estimate of drug-likeness (QED) is 0.859. The molecule has 2 saturated heterocycles. The van der Waals surface area contributed by atoms with Crippen LogP contribution in [0.3, 0.4) is 0 Å². The molecule has 1 N–H and O–H groups in total. The number of sulfonamides is 1. The zero-order valence-electron chi connectivity index (χ0n) is 11.5. The van der Waals surface area contributed by atoms with Crippen molar-refractivity contribution in [2.24, 2.45) is 5.41 Å². The van der Waals surface area contributed by atoms with Crippen molar-refractivity contribution >= 4 is 31.9 Å². The molecule has 0 bridgehead atoms. The van der Waals surface area contributed by atoms with E-state index in [-0.39, 0.29) is 11.3 Å². The van der Waals surface area contributed by atoms with Gasteiger partial charge >= 0.3 is 0 Å². The molecule has 2 heterocycles. The van der Waals surface area contributed by atoms with E-state index in [0.717, 1.165) is 12.8 Å². The van der Waals surface area contributed by atoms with Crippen molar-refractivity contribution in [2.45, 2.75) is 24.2 Å². The molecular formula is C14H17BrN2O3S. The van der Waals surface area contributed by atoms with Crippen LogP contribution in [0.15, 0.2) is 33.6 Å². The SMILES string of the molecule is O=C1CC2(CCN(S(=O)(=O)c3ccccc3Br)CC2)CN1. The highest BCUT2D eigenvalue weighted by molar-refractivity contribution is 9.10. The Labute approximate surface area is 132 Å². The second kappa shape index (κ2) is 5.37. The predicted octanol–water partition coefficient (Wildman–Crippen LogP) is 1.74. The van der Waals surface area contributed by atoms with Crippen LogP contribution in [0.25, 0.3) is 0 Å². The number of hydrogen-bond donors (Lipinski definition) is 1. The molecule has 0 radical (unpaired) electrons. The number of nitrogens with one attached hydrogen (secondary N) is 1. The van der Waals surface area contributed by atoms with Gasteiger partial charge < -0.3 is 5.32 Å². The van der Waals surface area contributed by atoms with Gasteiger partial charge in [-0.05, 0) is 46.3 Å². The van der Waals surface area contributed by atoms with E-state index < -0.39 is 10.0 Å². The van der Waals surface area contributed by atoms with Crippen LogP contribution in [0.5, 0.6) is 0 Å². The first-order valence-electron chi connectivity index (χ1n) is 6.94. The minimum Gasteiger partial charge on any atom is -0.356 e. The van der Waals surface area contributed by atoms with E-state index >= 15 is 0 Å². The van der Waals surface area contributed by atoms with Crippen molar-refractivity contribution < 1.29 is 13.2 Å². The topological polar surface area (TPSA) is 66.5 Å². The summed E-state index contributed by atoms with van der Waals surface area (Å²) in [7, 11) is -3.47. The number of carbonyl (C=O) groups excluding carboxylic acids is 1. The van der Waals surface area contributed by atoms with Crippen molar-refractivity contribution in [3.05, 3.63) is 28.7 Å². The fraction of sp³-hybridized carbons (Fsp3) is 0.500. The number of hydrogen-bond acceptors (Lipinski definition) is 3. The summed E-state index contributed by atoms with van der Waals surface area (Å²) in [6, 6.07) is 6.87. The Bertz CT molecular complexity index is 667. The Hall–Kier alpha value is -0.920. The molecule has 1 spiro atoms. The van der Waals surface area contributed by atoms with Crippen LogP contribution in [0.2, 0.25) is 0 Å². The van der Waals surface area contributed by atoms with Gasteiger partial charge in [-0.2, -0.15) is 4.31 Å².